The van der Waals surface area contributed by atoms with Crippen LogP contribution in [0.1, 0.15) is 40.7 Å². The van der Waals surface area contributed by atoms with E-state index in [-0.39, 0.29) is 29.1 Å². The number of fused-ring (bicyclic) bond motifs is 1. The zero-order chi connectivity index (χ0) is 26.9. The Morgan fingerprint density at radius 3 is 2.57 bits per heavy atom. The van der Waals surface area contributed by atoms with E-state index in [1.165, 1.54) is 29.1 Å². The summed E-state index contributed by atoms with van der Waals surface area (Å²) < 4.78 is 47.1. The van der Waals surface area contributed by atoms with Gasteiger partial charge in [0.25, 0.3) is 5.91 Å². The number of carbonyl (C=O) groups is 2. The maximum absolute atomic E-state index is 13.5. The molecule has 0 aliphatic carbocycles. The van der Waals surface area contributed by atoms with E-state index in [2.05, 4.69) is 15.7 Å². The number of rotatable bonds is 7. The normalized spacial score (nSPS) is 11.7. The van der Waals surface area contributed by atoms with Crippen LogP contribution in [0.3, 0.4) is 0 Å². The quantitative estimate of drug-likeness (QED) is 0.358. The molecule has 2 N–H and O–H groups in total. The minimum atomic E-state index is -4.61. The molecule has 37 heavy (non-hydrogen) atoms. The first kappa shape index (κ1) is 26.1. The number of carbonyl (C=O) groups excluding carboxylic acids is 2. The van der Waals surface area contributed by atoms with Gasteiger partial charge in [-0.2, -0.15) is 18.3 Å². The second-order valence-electron chi connectivity index (χ2n) is 8.44. The van der Waals surface area contributed by atoms with Crippen LogP contribution in [0.15, 0.2) is 42.5 Å². The summed E-state index contributed by atoms with van der Waals surface area (Å²) in [5.41, 5.74) is 0.618. The van der Waals surface area contributed by atoms with E-state index in [4.69, 9.17) is 9.72 Å². The van der Waals surface area contributed by atoms with Crippen molar-refractivity contribution in [2.45, 2.75) is 25.9 Å². The average Bonchev–Trinajstić information content (AvgIpc) is 3.48. The minimum absolute atomic E-state index is 0.00606. The predicted octanol–water partition coefficient (Wildman–Crippen LogP) is 4.78. The molecule has 0 spiro atoms. The number of nitrogens with one attached hydrogen (secondary N) is 2. The Balaban J connectivity index is 1.88. The molecule has 0 saturated heterocycles. The molecule has 2 aromatic carbocycles. The highest BCUT2D eigenvalue weighted by Crippen LogP contribution is 2.38. The van der Waals surface area contributed by atoms with Crippen LogP contribution in [0.4, 0.5) is 13.2 Å². The number of aromatic nitrogens is 3. The van der Waals surface area contributed by atoms with Crippen molar-refractivity contribution in [3.8, 4) is 22.1 Å². The van der Waals surface area contributed by atoms with Crippen LogP contribution in [-0.2, 0) is 11.0 Å². The molecular weight excluding hydrogens is 507 g/mol. The number of amides is 2. The Morgan fingerprint density at radius 1 is 1.16 bits per heavy atom. The van der Waals surface area contributed by atoms with Gasteiger partial charge in [0.05, 0.1) is 30.4 Å². The van der Waals surface area contributed by atoms with Gasteiger partial charge in [0.2, 0.25) is 11.0 Å². The number of halogens is 3. The molecule has 2 amide bonds. The van der Waals surface area contributed by atoms with Crippen molar-refractivity contribution in [3.05, 3.63) is 58.6 Å². The fourth-order valence-electron chi connectivity index (χ4n) is 3.72. The number of thiazole rings is 1. The maximum Gasteiger partial charge on any atom is 0.416 e. The monoisotopic (exact) mass is 531 g/mol. The lowest BCUT2D eigenvalue weighted by Crippen LogP contribution is -2.35. The van der Waals surface area contributed by atoms with Crippen molar-refractivity contribution in [1.82, 2.24) is 25.4 Å². The average molecular weight is 532 g/mol. The molecule has 12 heteroatoms. The predicted molar refractivity (Wildman–Crippen MR) is 134 cm³/mol. The molecule has 2 aromatic heterocycles. The molecule has 2 heterocycles. The van der Waals surface area contributed by atoms with Crippen LogP contribution in [-0.4, -0.2) is 47.3 Å². The van der Waals surface area contributed by atoms with Crippen LogP contribution in [0.2, 0.25) is 0 Å². The zero-order valence-electron chi connectivity index (χ0n) is 20.4. The van der Waals surface area contributed by atoms with E-state index in [9.17, 15) is 22.8 Å². The van der Waals surface area contributed by atoms with Gasteiger partial charge in [-0.05, 0) is 36.2 Å². The minimum Gasteiger partial charge on any atom is -0.497 e. The van der Waals surface area contributed by atoms with Crippen molar-refractivity contribution in [1.29, 1.82) is 0 Å². The first-order valence-corrected chi connectivity index (χ1v) is 12.1. The van der Waals surface area contributed by atoms with E-state index in [1.54, 1.807) is 7.11 Å². The first-order valence-electron chi connectivity index (χ1n) is 11.3. The lowest BCUT2D eigenvalue weighted by atomic mass is 10.1. The summed E-state index contributed by atoms with van der Waals surface area (Å²) >= 11 is 1.33. The van der Waals surface area contributed by atoms with Crippen molar-refractivity contribution in [2.24, 2.45) is 0 Å². The first-order chi connectivity index (χ1) is 17.5. The van der Waals surface area contributed by atoms with Gasteiger partial charge in [-0.25, -0.2) is 9.67 Å². The number of hydrogen-bond donors (Lipinski definition) is 2. The zero-order valence-corrected chi connectivity index (χ0v) is 21.3. The third-order valence-corrected chi connectivity index (χ3v) is 6.93. The molecule has 4 rings (SSSR count). The highest BCUT2D eigenvalue weighted by Gasteiger charge is 2.32. The van der Waals surface area contributed by atoms with Gasteiger partial charge in [-0.3, -0.25) is 9.59 Å². The lowest BCUT2D eigenvalue weighted by Gasteiger charge is -2.07. The maximum atomic E-state index is 13.5. The Hall–Kier alpha value is -3.93. The highest BCUT2D eigenvalue weighted by atomic mass is 32.1. The third-order valence-electron chi connectivity index (χ3n) is 5.60. The SMILES string of the molecule is CNC(=O)CNC(=O)c1nn(-c2nc(-c3cccc(OC)c3)c(C(C)C)s2)c2ccc(C(F)(F)F)cc12. The molecular formula is C25H24F3N5O3S. The summed E-state index contributed by atoms with van der Waals surface area (Å²) in [6.07, 6.45) is -4.61. The summed E-state index contributed by atoms with van der Waals surface area (Å²) in [6, 6.07) is 10.5. The summed E-state index contributed by atoms with van der Waals surface area (Å²) in [5, 5.41) is 9.50. The van der Waals surface area contributed by atoms with Crippen LogP contribution in [0.25, 0.3) is 27.3 Å². The second kappa shape index (κ2) is 10.2. The Labute approximate surface area is 214 Å². The molecule has 0 aliphatic heterocycles. The fraction of sp³-hybridized carbons (Fsp3) is 0.280. The molecule has 0 aliphatic rings. The number of alkyl halides is 3. The molecule has 4 aromatic rings. The van der Waals surface area contributed by atoms with Gasteiger partial charge in [-0.1, -0.05) is 37.3 Å². The number of nitrogens with zero attached hydrogens (tertiary/aromatic N) is 3. The van der Waals surface area contributed by atoms with Gasteiger partial charge in [0, 0.05) is 22.9 Å². The Morgan fingerprint density at radius 2 is 1.92 bits per heavy atom. The van der Waals surface area contributed by atoms with Gasteiger partial charge in [0.1, 0.15) is 5.75 Å². The summed E-state index contributed by atoms with van der Waals surface area (Å²) in [7, 11) is 2.97. The number of likely N-dealkylation sites (N-methyl/N-ethyl adjacent to an activating group) is 1. The van der Waals surface area contributed by atoms with E-state index in [0.29, 0.717) is 16.6 Å². The van der Waals surface area contributed by atoms with Crippen molar-refractivity contribution in [3.63, 3.8) is 0 Å². The largest absolute Gasteiger partial charge is 0.497 e. The molecule has 0 fully saturated rings. The standard InChI is InChI=1S/C25H24F3N5O3S/c1-13(2)22-20(14-6-5-7-16(10-14)36-4)31-24(37-22)33-18-9-8-15(25(26,27)28)11-17(18)21(32-33)23(35)30-12-19(34)29-3/h5-11,13H,12H2,1-4H3,(H,29,34)(H,30,35). The lowest BCUT2D eigenvalue weighted by molar-refractivity contribution is -0.137. The molecule has 0 atom stereocenters. The molecule has 0 bridgehead atoms. The number of benzene rings is 2. The second-order valence-corrected chi connectivity index (χ2v) is 9.45. The van der Waals surface area contributed by atoms with E-state index < -0.39 is 23.6 Å². The van der Waals surface area contributed by atoms with Crippen LogP contribution >= 0.6 is 11.3 Å². The molecule has 0 unspecified atom stereocenters. The van der Waals surface area contributed by atoms with Crippen molar-refractivity contribution >= 4 is 34.1 Å². The van der Waals surface area contributed by atoms with Crippen LogP contribution in [0.5, 0.6) is 5.75 Å². The van der Waals surface area contributed by atoms with E-state index >= 15 is 0 Å². The summed E-state index contributed by atoms with van der Waals surface area (Å²) in [6.45, 7) is 3.67. The number of methoxy groups -OCH3 is 1. The molecule has 0 saturated carbocycles. The molecule has 8 nitrogen and oxygen atoms in total. The van der Waals surface area contributed by atoms with Gasteiger partial charge in [0.15, 0.2) is 5.69 Å². The van der Waals surface area contributed by atoms with Crippen molar-refractivity contribution in [2.75, 3.05) is 20.7 Å². The highest BCUT2D eigenvalue weighted by molar-refractivity contribution is 7.14. The third kappa shape index (κ3) is 5.29. The Bertz CT molecular complexity index is 1480. The van der Waals surface area contributed by atoms with Crippen molar-refractivity contribution < 1.29 is 27.5 Å². The number of hydrogen-bond acceptors (Lipinski definition) is 6. The number of ether oxygens (including phenoxy) is 1. The molecule has 0 radical (unpaired) electrons. The van der Waals surface area contributed by atoms with Crippen LogP contribution in [0, 0.1) is 0 Å². The summed E-state index contributed by atoms with van der Waals surface area (Å²) in [4.78, 5) is 30.2. The Kier molecular flexibility index (Phi) is 7.21. The van der Waals surface area contributed by atoms with E-state index in [1.807, 2.05) is 38.1 Å². The van der Waals surface area contributed by atoms with Gasteiger partial charge < -0.3 is 15.4 Å². The van der Waals surface area contributed by atoms with Crippen LogP contribution < -0.4 is 15.4 Å². The summed E-state index contributed by atoms with van der Waals surface area (Å²) in [5.74, 6) is -0.500. The molecule has 194 valence electrons. The van der Waals surface area contributed by atoms with Gasteiger partial charge in [-0.15, -0.1) is 0 Å². The van der Waals surface area contributed by atoms with E-state index in [0.717, 1.165) is 22.6 Å². The topological polar surface area (TPSA) is 98.1 Å². The fourth-order valence-corrected chi connectivity index (χ4v) is 4.78. The smallest absolute Gasteiger partial charge is 0.416 e. The van der Waals surface area contributed by atoms with Gasteiger partial charge >= 0.3 is 6.18 Å².